The van der Waals surface area contributed by atoms with Gasteiger partial charge in [0.25, 0.3) is 0 Å². The van der Waals surface area contributed by atoms with E-state index in [0.717, 1.165) is 140 Å². The fraction of sp³-hybridized carbons (Fsp3) is 0.722. The number of nitrogens with one attached hydrogen (secondary N) is 3. The molecule has 0 aliphatic heterocycles. The van der Waals surface area contributed by atoms with Crippen molar-refractivity contribution in [3.05, 3.63) is 107 Å². The summed E-state index contributed by atoms with van der Waals surface area (Å²) in [5.41, 5.74) is 6.07. The summed E-state index contributed by atoms with van der Waals surface area (Å²) in [7, 11) is 8.18. The van der Waals surface area contributed by atoms with Crippen LogP contribution < -0.4 is 16.0 Å². The van der Waals surface area contributed by atoms with Crippen LogP contribution in [0.3, 0.4) is 0 Å². The maximum Gasteiger partial charge on any atom is 0.410 e. The molecule has 6 N–H and O–H groups in total. The Labute approximate surface area is 689 Å². The van der Waals surface area contributed by atoms with Crippen LogP contribution >= 0.6 is 0 Å². The van der Waals surface area contributed by atoms with Gasteiger partial charge in [0, 0.05) is 52.4 Å². The summed E-state index contributed by atoms with van der Waals surface area (Å²) < 4.78 is 11.6. The number of allylic oxidation sites excluding steroid dienone is 4. The van der Waals surface area contributed by atoms with Crippen molar-refractivity contribution < 1.29 is 58.4 Å². The van der Waals surface area contributed by atoms with Gasteiger partial charge in [0.05, 0.1) is 34.8 Å². The average Bonchev–Trinajstić information content (AvgIpc) is 1.65. The van der Waals surface area contributed by atoms with Crippen molar-refractivity contribution in [2.45, 2.75) is 250 Å². The summed E-state index contributed by atoms with van der Waals surface area (Å²) in [5.74, 6) is 0.294. The van der Waals surface area contributed by atoms with E-state index in [9.17, 15) is 48.9 Å². The van der Waals surface area contributed by atoms with Crippen molar-refractivity contribution in [2.75, 3.05) is 80.5 Å². The van der Waals surface area contributed by atoms with Crippen molar-refractivity contribution in [3.8, 4) is 0 Å². The molecule has 3 amide bonds. The lowest BCUT2D eigenvalue weighted by molar-refractivity contribution is -0.225. The highest BCUT2D eigenvalue weighted by Crippen LogP contribution is 2.80. The quantitative estimate of drug-likeness (QED) is 0.0325. The summed E-state index contributed by atoms with van der Waals surface area (Å²) in [5, 5.41) is 38.2. The first-order valence-corrected chi connectivity index (χ1v) is 43.9. The monoisotopic (exact) mass is 1590 g/mol. The third kappa shape index (κ3) is 16.4. The van der Waals surface area contributed by atoms with Gasteiger partial charge in [0.1, 0.15) is 11.2 Å². The van der Waals surface area contributed by atoms with Crippen LogP contribution in [0.25, 0.3) is 11.1 Å². The van der Waals surface area contributed by atoms with E-state index in [-0.39, 0.29) is 123 Å². The summed E-state index contributed by atoms with van der Waals surface area (Å²) >= 11 is 0. The van der Waals surface area contributed by atoms with Crippen molar-refractivity contribution in [1.29, 1.82) is 0 Å². The molecule has 8 saturated carbocycles. The Hall–Kier alpha value is -6.63. The predicted molar refractivity (Wildman–Crippen MR) is 457 cm³/mol. The topological polar surface area (TPSA) is 244 Å². The van der Waals surface area contributed by atoms with Crippen molar-refractivity contribution in [1.82, 2.24) is 30.7 Å². The summed E-state index contributed by atoms with van der Waals surface area (Å²) in [6.45, 7) is 50.5. The molecule has 2 unspecified atom stereocenters. The minimum atomic E-state index is -0.919. The molecular weight excluding hydrogens is 1440 g/mol. The van der Waals surface area contributed by atoms with Gasteiger partial charge in [0.2, 0.25) is 11.8 Å². The van der Waals surface area contributed by atoms with Crippen LogP contribution in [0.4, 0.5) is 4.79 Å². The molecule has 0 saturated heterocycles. The standard InChI is InChI=1S/C53H81N3O7.C44H65N3O5/c1-34(33-56(32-31-55(13)14)46(61)63-48(5,6)7)37-21-27-53(45(60)54-30-24-42(57)58)29-28-51(11)39(43(37)53)19-20-41-50(10)25-22-38(49(8,9)40(50)23-26-52(41,51)12)35-15-17-36(18-16-35)44(59)62-47(2,3)4;1-28(27-45-25-26-47(7)8)31-15-21-44(39(52)46-24-18-36(48)49)23-22-42(5)33(37(31)44)13-14-35-41(4)19-16-32(29-9-11-30(12-10-29)38(50)51)40(2,3)34(41)17-20-43(35,42)6/h15-18,22,37,39-41,43H,1,19-21,23-33H2,2-14H3,(H,54,60)(H,57,58);9-12,16,31,33-35,37,45H,1,13-15,17-27H2,2-8H3,(H,46,52)(H,48,49)(H,50,51)/t37-,39+,40?,41+,43+,50-,51+,52+,53-;31-,33+,34?,35+,37+,41-,42+,43+,44-/m00/s1. The van der Waals surface area contributed by atoms with Crippen LogP contribution in [0.2, 0.25) is 0 Å². The number of nitrogens with zero attached hydrogens (tertiary/aromatic N) is 3. The molecule has 12 rings (SSSR count). The second kappa shape index (κ2) is 32.8. The molecule has 8 fully saturated rings. The number of aromatic carboxylic acids is 1. The number of likely N-dealkylation sites (N-methyl/N-ethyl adjacent to an activating group) is 2. The first kappa shape index (κ1) is 89.2. The molecule has 0 bridgehead atoms. The van der Waals surface area contributed by atoms with Crippen molar-refractivity contribution in [3.63, 3.8) is 0 Å². The molecule has 18 atom stereocenters. The molecule has 2 aromatic rings. The van der Waals surface area contributed by atoms with E-state index < -0.39 is 39.9 Å². The second-order valence-corrected chi connectivity index (χ2v) is 42.8. The third-order valence-electron chi connectivity index (χ3n) is 33.4. The minimum Gasteiger partial charge on any atom is -0.481 e. The zero-order chi connectivity index (χ0) is 84.6. The Morgan fingerprint density at radius 1 is 0.470 bits per heavy atom. The van der Waals surface area contributed by atoms with Crippen LogP contribution in [-0.2, 0) is 28.7 Å². The average molecular weight is 1590 g/mol. The van der Waals surface area contributed by atoms with E-state index in [1.807, 2.05) is 79.9 Å². The number of fused-ring (bicyclic) bond motifs is 14. The zero-order valence-electron chi connectivity index (χ0n) is 74.1. The number of carboxylic acid groups (broad SMARTS) is 3. The zero-order valence-corrected chi connectivity index (χ0v) is 74.1. The Kier molecular flexibility index (Phi) is 25.5. The summed E-state index contributed by atoms with van der Waals surface area (Å²) in [6, 6.07) is 15.5. The van der Waals surface area contributed by atoms with Crippen LogP contribution in [0, 0.1) is 113 Å². The lowest BCUT2D eigenvalue weighted by Crippen LogP contribution is -2.66. The molecular formula is C97H146N6O12. The Morgan fingerprint density at radius 2 is 0.887 bits per heavy atom. The van der Waals surface area contributed by atoms with E-state index in [0.29, 0.717) is 60.4 Å². The Balaban J connectivity index is 0.000000230. The van der Waals surface area contributed by atoms with Gasteiger partial charge in [-0.3, -0.25) is 19.2 Å². The number of carboxylic acids is 3. The van der Waals surface area contributed by atoms with Gasteiger partial charge in [-0.25, -0.2) is 14.4 Å². The SMILES string of the molecule is C=C(CN(CCN(C)C)C(=O)OC(C)(C)C)[C@@H]1CC[C@]2(C(=O)NCCC(=O)O)CC[C@]3(C)[C@H](CC[C@@H]4[C@@]5(C)CC=C(c6ccc(C(=O)OC(C)(C)C)cc6)C(C)(C)C5CC[C@]43C)[C@@H]12.C=C(CNCCN(C)C)[C@@H]1CC[C@]2(C(=O)NCCC(=O)O)CC[C@]3(C)[C@H](CC[C@@H]4[C@@]5(C)CC=C(c6ccc(C(=O)O)cc6)C(C)(C)C5CC[C@]43C)[C@@H]12. The number of benzene rings is 2. The fourth-order valence-corrected chi connectivity index (χ4v) is 27.8. The maximum absolute atomic E-state index is 14.7. The highest BCUT2D eigenvalue weighted by atomic mass is 16.6. The summed E-state index contributed by atoms with van der Waals surface area (Å²) in [4.78, 5) is 96.2. The number of aliphatic carboxylic acids is 2. The molecule has 10 aliphatic rings. The molecule has 18 nitrogen and oxygen atoms in total. The van der Waals surface area contributed by atoms with Gasteiger partial charge in [-0.15, -0.1) is 0 Å². The molecule has 2 aromatic carbocycles. The number of carbonyl (C=O) groups is 7. The smallest absolute Gasteiger partial charge is 0.410 e. The van der Waals surface area contributed by atoms with Gasteiger partial charge >= 0.3 is 30.0 Å². The fourth-order valence-electron chi connectivity index (χ4n) is 27.8. The van der Waals surface area contributed by atoms with E-state index in [2.05, 4.69) is 140 Å². The molecule has 636 valence electrons. The molecule has 0 heterocycles. The van der Waals surface area contributed by atoms with Gasteiger partial charge in [-0.05, 0) is 334 Å². The van der Waals surface area contributed by atoms with Gasteiger partial charge < -0.3 is 55.4 Å². The first-order chi connectivity index (χ1) is 53.5. The molecule has 0 spiro atoms. The van der Waals surface area contributed by atoms with Gasteiger partial charge in [-0.2, -0.15) is 0 Å². The van der Waals surface area contributed by atoms with E-state index in [1.54, 1.807) is 17.0 Å². The van der Waals surface area contributed by atoms with Crippen LogP contribution in [0.1, 0.15) is 271 Å². The van der Waals surface area contributed by atoms with Crippen LogP contribution in [0.5, 0.6) is 0 Å². The van der Waals surface area contributed by atoms with E-state index in [4.69, 9.17) is 16.1 Å². The number of rotatable bonds is 24. The molecule has 115 heavy (non-hydrogen) atoms. The van der Waals surface area contributed by atoms with E-state index >= 15 is 0 Å². The summed E-state index contributed by atoms with van der Waals surface area (Å²) in [6.07, 6.45) is 22.4. The number of esters is 1. The third-order valence-corrected chi connectivity index (χ3v) is 33.4. The number of hydrogen-bond donors (Lipinski definition) is 6. The van der Waals surface area contributed by atoms with Gasteiger partial charge in [0.15, 0.2) is 0 Å². The number of carbonyl (C=O) groups excluding carboxylic acids is 4. The lowest BCUT2D eigenvalue weighted by Gasteiger charge is -2.72. The number of ether oxygens (including phenoxy) is 2. The Morgan fingerprint density at radius 3 is 1.29 bits per heavy atom. The van der Waals surface area contributed by atoms with Crippen LogP contribution in [0.15, 0.2) is 85.0 Å². The molecule has 10 aliphatic carbocycles. The lowest BCUT2D eigenvalue weighted by atomic mass is 9.32. The predicted octanol–water partition coefficient (Wildman–Crippen LogP) is 18.4. The van der Waals surface area contributed by atoms with Crippen LogP contribution in [-0.4, -0.2) is 164 Å². The van der Waals surface area contributed by atoms with Crippen molar-refractivity contribution in [2.24, 2.45) is 113 Å². The van der Waals surface area contributed by atoms with Crippen molar-refractivity contribution >= 4 is 52.9 Å². The second-order valence-electron chi connectivity index (χ2n) is 42.8. The van der Waals surface area contributed by atoms with Gasteiger partial charge in [-0.1, -0.05) is 130 Å². The Bertz CT molecular complexity index is 4070. The number of hydrogen-bond acceptors (Lipinski definition) is 12. The first-order valence-electron chi connectivity index (χ1n) is 43.9. The maximum atomic E-state index is 14.7. The highest BCUT2D eigenvalue weighted by molar-refractivity contribution is 5.91. The minimum absolute atomic E-state index is 0.00326. The number of amides is 3. The molecule has 0 aromatic heterocycles. The normalized spacial score (nSPS) is 35.3. The van der Waals surface area contributed by atoms with E-state index in [1.165, 1.54) is 28.7 Å². The molecule has 0 radical (unpaired) electrons. The molecule has 18 heteroatoms. The highest BCUT2D eigenvalue weighted by Gasteiger charge is 2.74. The largest absolute Gasteiger partial charge is 0.481 e.